The highest BCUT2D eigenvalue weighted by molar-refractivity contribution is 4.69. The van der Waals surface area contributed by atoms with E-state index in [4.69, 9.17) is 9.47 Å². The molecule has 60 valence electrons. The van der Waals surface area contributed by atoms with Gasteiger partial charge >= 0.3 is 0 Å². The zero-order chi connectivity index (χ0) is 7.40. The Kier molecular flexibility index (Phi) is 3.16. The Hall–Kier alpha value is -0.0800. The van der Waals surface area contributed by atoms with Gasteiger partial charge in [0.2, 0.25) is 0 Å². The minimum Gasteiger partial charge on any atom is -0.384 e. The van der Waals surface area contributed by atoms with Crippen molar-refractivity contribution >= 4 is 0 Å². The number of hydrogen-bond donors (Lipinski definition) is 0. The predicted octanol–water partition coefficient (Wildman–Crippen LogP) is 1.31. The maximum Gasteiger partial charge on any atom is 0.0498 e. The van der Waals surface area contributed by atoms with Gasteiger partial charge in [0.15, 0.2) is 0 Å². The van der Waals surface area contributed by atoms with Gasteiger partial charge in [0.05, 0.1) is 0 Å². The summed E-state index contributed by atoms with van der Waals surface area (Å²) in [5.74, 6) is 1.40. The van der Waals surface area contributed by atoms with Gasteiger partial charge in [0.25, 0.3) is 0 Å². The molecular formula is C8H16O2. The van der Waals surface area contributed by atoms with Crippen LogP contribution in [0.1, 0.15) is 13.3 Å². The number of methoxy groups -OCH3 is 1. The second-order valence-corrected chi connectivity index (χ2v) is 3.06. The molecule has 2 unspecified atom stereocenters. The van der Waals surface area contributed by atoms with E-state index < -0.39 is 0 Å². The molecule has 0 bridgehead atoms. The second kappa shape index (κ2) is 3.94. The lowest BCUT2D eigenvalue weighted by atomic mass is 9.94. The fourth-order valence-corrected chi connectivity index (χ4v) is 1.40. The fraction of sp³-hybridized carbons (Fsp3) is 1.00. The maximum atomic E-state index is 5.27. The van der Waals surface area contributed by atoms with E-state index in [0.29, 0.717) is 5.92 Å². The van der Waals surface area contributed by atoms with Crippen LogP contribution in [0.3, 0.4) is 0 Å². The molecule has 0 aromatic heterocycles. The van der Waals surface area contributed by atoms with Gasteiger partial charge in [-0.1, -0.05) is 6.92 Å². The van der Waals surface area contributed by atoms with Crippen LogP contribution in [0.25, 0.3) is 0 Å². The molecule has 1 saturated heterocycles. The predicted molar refractivity (Wildman–Crippen MR) is 40.0 cm³/mol. The summed E-state index contributed by atoms with van der Waals surface area (Å²) in [6.07, 6.45) is 1.21. The molecule has 0 aromatic carbocycles. The van der Waals surface area contributed by atoms with E-state index in [1.165, 1.54) is 6.42 Å². The van der Waals surface area contributed by atoms with E-state index >= 15 is 0 Å². The lowest BCUT2D eigenvalue weighted by Gasteiger charge is -2.15. The highest BCUT2D eigenvalue weighted by atomic mass is 16.5. The highest BCUT2D eigenvalue weighted by Gasteiger charge is 2.21. The average molecular weight is 144 g/mol. The maximum absolute atomic E-state index is 5.27. The Morgan fingerprint density at radius 2 is 2.50 bits per heavy atom. The van der Waals surface area contributed by atoms with E-state index in [0.717, 1.165) is 25.7 Å². The van der Waals surface area contributed by atoms with Crippen molar-refractivity contribution in [3.8, 4) is 0 Å². The van der Waals surface area contributed by atoms with Gasteiger partial charge in [-0.2, -0.15) is 0 Å². The molecule has 0 aromatic rings. The van der Waals surface area contributed by atoms with Crippen LogP contribution in [0.15, 0.2) is 0 Å². The Labute approximate surface area is 62.5 Å². The molecule has 10 heavy (non-hydrogen) atoms. The van der Waals surface area contributed by atoms with Gasteiger partial charge in [0.1, 0.15) is 0 Å². The summed E-state index contributed by atoms with van der Waals surface area (Å²) in [6, 6.07) is 0. The van der Waals surface area contributed by atoms with Crippen LogP contribution in [0.2, 0.25) is 0 Å². The molecule has 0 saturated carbocycles. The molecule has 1 aliphatic heterocycles. The van der Waals surface area contributed by atoms with Crippen molar-refractivity contribution in [2.24, 2.45) is 11.8 Å². The molecule has 1 aliphatic rings. The molecule has 1 fully saturated rings. The van der Waals surface area contributed by atoms with Crippen molar-refractivity contribution in [2.45, 2.75) is 13.3 Å². The van der Waals surface area contributed by atoms with Gasteiger partial charge in [0, 0.05) is 26.9 Å². The van der Waals surface area contributed by atoms with Gasteiger partial charge < -0.3 is 9.47 Å². The topological polar surface area (TPSA) is 18.5 Å². The number of hydrogen-bond acceptors (Lipinski definition) is 2. The highest BCUT2D eigenvalue weighted by Crippen LogP contribution is 2.21. The molecule has 0 spiro atoms. The molecule has 0 aliphatic carbocycles. The lowest BCUT2D eigenvalue weighted by molar-refractivity contribution is 0.115. The summed E-state index contributed by atoms with van der Waals surface area (Å²) in [5.41, 5.74) is 0. The molecule has 2 heteroatoms. The summed E-state index contributed by atoms with van der Waals surface area (Å²) >= 11 is 0. The first-order chi connectivity index (χ1) is 4.84. The van der Waals surface area contributed by atoms with Crippen molar-refractivity contribution in [3.63, 3.8) is 0 Å². The zero-order valence-electron chi connectivity index (χ0n) is 6.80. The Bertz CT molecular complexity index is 87.3. The van der Waals surface area contributed by atoms with Gasteiger partial charge in [-0.25, -0.2) is 0 Å². The van der Waals surface area contributed by atoms with E-state index in [2.05, 4.69) is 6.92 Å². The fourth-order valence-electron chi connectivity index (χ4n) is 1.40. The molecule has 0 N–H and O–H groups in total. The van der Waals surface area contributed by atoms with Crippen molar-refractivity contribution in [2.75, 3.05) is 26.9 Å². The van der Waals surface area contributed by atoms with Gasteiger partial charge in [-0.05, 0) is 18.3 Å². The molecule has 1 rings (SSSR count). The van der Waals surface area contributed by atoms with Crippen molar-refractivity contribution in [1.82, 2.24) is 0 Å². The third kappa shape index (κ3) is 1.96. The average Bonchev–Trinajstić information content (AvgIpc) is 2.38. The Morgan fingerprint density at radius 3 is 3.00 bits per heavy atom. The number of rotatable bonds is 3. The summed E-state index contributed by atoms with van der Waals surface area (Å²) in [6.45, 7) is 4.97. The monoisotopic (exact) mass is 144 g/mol. The van der Waals surface area contributed by atoms with E-state index in [9.17, 15) is 0 Å². The smallest absolute Gasteiger partial charge is 0.0498 e. The first kappa shape index (κ1) is 8.02. The quantitative estimate of drug-likeness (QED) is 0.594. The van der Waals surface area contributed by atoms with Crippen LogP contribution < -0.4 is 0 Å². The molecule has 1 heterocycles. The van der Waals surface area contributed by atoms with Gasteiger partial charge in [-0.15, -0.1) is 0 Å². The standard InChI is InChI=1S/C8H16O2/c1-7(5-9-2)8-3-4-10-6-8/h7-8H,3-6H2,1-2H3. The van der Waals surface area contributed by atoms with Gasteiger partial charge in [-0.3, -0.25) is 0 Å². The lowest BCUT2D eigenvalue weighted by Crippen LogP contribution is -2.16. The van der Waals surface area contributed by atoms with Crippen molar-refractivity contribution in [3.05, 3.63) is 0 Å². The van der Waals surface area contributed by atoms with Crippen LogP contribution in [-0.4, -0.2) is 26.9 Å². The SMILES string of the molecule is COCC(C)C1CCOC1. The van der Waals surface area contributed by atoms with Crippen LogP contribution in [0, 0.1) is 11.8 Å². The first-order valence-electron chi connectivity index (χ1n) is 3.91. The Morgan fingerprint density at radius 1 is 1.70 bits per heavy atom. The third-order valence-electron chi connectivity index (χ3n) is 2.20. The summed E-state index contributed by atoms with van der Waals surface area (Å²) < 4.78 is 10.3. The van der Waals surface area contributed by atoms with Crippen LogP contribution in [0.4, 0.5) is 0 Å². The third-order valence-corrected chi connectivity index (χ3v) is 2.20. The van der Waals surface area contributed by atoms with Crippen LogP contribution in [-0.2, 0) is 9.47 Å². The minimum atomic E-state index is 0.660. The molecular weight excluding hydrogens is 128 g/mol. The summed E-state index contributed by atoms with van der Waals surface area (Å²) in [7, 11) is 1.76. The van der Waals surface area contributed by atoms with E-state index in [-0.39, 0.29) is 0 Å². The number of ether oxygens (including phenoxy) is 2. The summed E-state index contributed by atoms with van der Waals surface area (Å²) in [4.78, 5) is 0. The Balaban J connectivity index is 2.18. The van der Waals surface area contributed by atoms with E-state index in [1.54, 1.807) is 7.11 Å². The zero-order valence-corrected chi connectivity index (χ0v) is 6.80. The normalized spacial score (nSPS) is 28.8. The molecule has 0 radical (unpaired) electrons. The van der Waals surface area contributed by atoms with Crippen molar-refractivity contribution in [1.29, 1.82) is 0 Å². The molecule has 0 amide bonds. The molecule has 2 nitrogen and oxygen atoms in total. The van der Waals surface area contributed by atoms with Crippen LogP contribution in [0.5, 0.6) is 0 Å². The second-order valence-electron chi connectivity index (χ2n) is 3.06. The first-order valence-corrected chi connectivity index (χ1v) is 3.91. The summed E-state index contributed by atoms with van der Waals surface area (Å²) in [5, 5.41) is 0. The molecule has 2 atom stereocenters. The largest absolute Gasteiger partial charge is 0.384 e. The van der Waals surface area contributed by atoms with Crippen LogP contribution >= 0.6 is 0 Å². The van der Waals surface area contributed by atoms with E-state index in [1.807, 2.05) is 0 Å². The minimum absolute atomic E-state index is 0.660. The van der Waals surface area contributed by atoms with Crippen molar-refractivity contribution < 1.29 is 9.47 Å².